The van der Waals surface area contributed by atoms with Gasteiger partial charge in [-0.2, -0.15) is 0 Å². The van der Waals surface area contributed by atoms with Crippen molar-refractivity contribution in [2.75, 3.05) is 40.9 Å². The summed E-state index contributed by atoms with van der Waals surface area (Å²) in [6.45, 7) is 6.96. The number of nitrogens with zero attached hydrogens (tertiary/aromatic N) is 1. The van der Waals surface area contributed by atoms with Gasteiger partial charge in [0.2, 0.25) is 5.91 Å². The Kier molecular flexibility index (Phi) is 46.2. The zero-order valence-corrected chi connectivity index (χ0v) is 45.5. The summed E-state index contributed by atoms with van der Waals surface area (Å²) >= 11 is 0. The fourth-order valence-electron chi connectivity index (χ4n) is 7.89. The quantitative estimate of drug-likeness (QED) is 0.0205. The molecule has 0 spiro atoms. The Morgan fingerprint density at radius 1 is 0.522 bits per heavy atom. The number of hydrogen-bond acceptors (Lipinski definition) is 6. The predicted octanol–water partition coefficient (Wildman–Crippen LogP) is 16.6. The van der Waals surface area contributed by atoms with E-state index in [2.05, 4.69) is 62.5 Å². The lowest BCUT2D eigenvalue weighted by molar-refractivity contribution is -0.870. The molecule has 0 saturated heterocycles. The molecule has 392 valence electrons. The van der Waals surface area contributed by atoms with Gasteiger partial charge in [0.15, 0.2) is 0 Å². The van der Waals surface area contributed by atoms with E-state index in [9.17, 15) is 19.0 Å². The van der Waals surface area contributed by atoms with E-state index in [1.54, 1.807) is 0 Å². The molecule has 67 heavy (non-hydrogen) atoms. The van der Waals surface area contributed by atoms with Crippen LogP contribution >= 0.6 is 7.82 Å². The summed E-state index contributed by atoms with van der Waals surface area (Å²) in [5.41, 5.74) is 0. The van der Waals surface area contributed by atoms with Crippen molar-refractivity contribution in [3.05, 3.63) is 48.6 Å². The van der Waals surface area contributed by atoms with Crippen LogP contribution in [-0.2, 0) is 27.9 Å². The minimum absolute atomic E-state index is 0.0371. The Labute approximate surface area is 414 Å². The number of phosphoric acid groups is 1. The first-order valence-corrected chi connectivity index (χ1v) is 29.5. The molecule has 0 aliphatic rings. The minimum atomic E-state index is -4.44. The molecule has 0 aliphatic carbocycles. The number of ether oxygens (including phenoxy) is 1. The molecule has 0 fully saturated rings. The van der Waals surface area contributed by atoms with Crippen LogP contribution in [0.1, 0.15) is 252 Å². The Bertz CT molecular complexity index is 1290. The number of carbonyl (C=O) groups excluding carboxylic acids is 2. The molecule has 0 aromatic carbocycles. The number of unbranched alkanes of at least 4 members (excludes halogenated alkanes) is 28. The molecule has 0 rings (SSSR count). The molecule has 10 heteroatoms. The molecule has 0 heterocycles. The lowest BCUT2D eigenvalue weighted by Crippen LogP contribution is -2.47. The monoisotopic (exact) mass is 964 g/mol. The van der Waals surface area contributed by atoms with Crippen LogP contribution in [0.15, 0.2) is 48.6 Å². The van der Waals surface area contributed by atoms with Crippen molar-refractivity contribution >= 4 is 19.7 Å². The highest BCUT2D eigenvalue weighted by Gasteiger charge is 2.30. The van der Waals surface area contributed by atoms with Crippen LogP contribution in [0.25, 0.3) is 0 Å². The summed E-state index contributed by atoms with van der Waals surface area (Å²) in [6.07, 6.45) is 56.7. The lowest BCUT2D eigenvalue weighted by atomic mass is 10.0. The summed E-state index contributed by atoms with van der Waals surface area (Å²) in [4.78, 5) is 37.5. The third-order valence-corrected chi connectivity index (χ3v) is 13.3. The molecule has 0 aromatic rings. The van der Waals surface area contributed by atoms with Gasteiger partial charge in [0.1, 0.15) is 19.3 Å². The van der Waals surface area contributed by atoms with Gasteiger partial charge in [0.05, 0.1) is 33.8 Å². The van der Waals surface area contributed by atoms with Gasteiger partial charge in [0.25, 0.3) is 0 Å². The smallest absolute Gasteiger partial charge is 0.456 e. The van der Waals surface area contributed by atoms with Gasteiger partial charge in [0, 0.05) is 12.8 Å². The first-order chi connectivity index (χ1) is 32.4. The van der Waals surface area contributed by atoms with E-state index in [0.29, 0.717) is 23.9 Å². The molecule has 1 amide bonds. The summed E-state index contributed by atoms with van der Waals surface area (Å²) < 4.78 is 30.5. The first-order valence-electron chi connectivity index (χ1n) is 28.0. The average Bonchev–Trinajstić information content (AvgIpc) is 3.28. The van der Waals surface area contributed by atoms with Gasteiger partial charge < -0.3 is 19.4 Å². The summed E-state index contributed by atoms with van der Waals surface area (Å²) in [5, 5.41) is 3.04. The molecule has 3 unspecified atom stereocenters. The zero-order valence-electron chi connectivity index (χ0n) is 44.6. The first kappa shape index (κ1) is 65.0. The van der Waals surface area contributed by atoms with Crippen LogP contribution in [-0.4, -0.2) is 74.3 Å². The molecule has 0 saturated carbocycles. The number of allylic oxidation sites excluding steroid dienone is 7. The van der Waals surface area contributed by atoms with E-state index >= 15 is 0 Å². The van der Waals surface area contributed by atoms with Crippen molar-refractivity contribution in [1.29, 1.82) is 0 Å². The van der Waals surface area contributed by atoms with Crippen molar-refractivity contribution in [2.24, 2.45) is 0 Å². The van der Waals surface area contributed by atoms with Gasteiger partial charge in [-0.05, 0) is 70.3 Å². The molecule has 0 aliphatic heterocycles. The maximum absolute atomic E-state index is 13.5. The molecule has 0 bridgehead atoms. The number of hydrogen-bond donors (Lipinski definition) is 2. The Morgan fingerprint density at radius 3 is 1.39 bits per heavy atom. The highest BCUT2D eigenvalue weighted by atomic mass is 31.2. The van der Waals surface area contributed by atoms with Gasteiger partial charge in [-0.25, -0.2) is 4.57 Å². The van der Waals surface area contributed by atoms with Crippen LogP contribution < -0.4 is 5.32 Å². The van der Waals surface area contributed by atoms with Gasteiger partial charge in [-0.15, -0.1) is 0 Å². The van der Waals surface area contributed by atoms with Crippen molar-refractivity contribution in [1.82, 2.24) is 5.32 Å². The normalized spacial score (nSPS) is 14.2. The number of nitrogens with one attached hydrogen (secondary N) is 1. The predicted molar refractivity (Wildman–Crippen MR) is 286 cm³/mol. The third kappa shape index (κ3) is 48.8. The van der Waals surface area contributed by atoms with Crippen LogP contribution in [0.5, 0.6) is 0 Å². The lowest BCUT2D eigenvalue weighted by Gasteiger charge is -2.27. The second-order valence-electron chi connectivity index (χ2n) is 20.1. The van der Waals surface area contributed by atoms with Gasteiger partial charge >= 0.3 is 13.8 Å². The molecule has 3 atom stereocenters. The number of esters is 1. The maximum Gasteiger partial charge on any atom is 0.472 e. The van der Waals surface area contributed by atoms with Crippen molar-refractivity contribution in [3.63, 3.8) is 0 Å². The van der Waals surface area contributed by atoms with E-state index in [4.69, 9.17) is 13.8 Å². The Balaban J connectivity index is 5.38. The Hall–Kier alpha value is -2.03. The molecule has 0 aromatic heterocycles. The fourth-order valence-corrected chi connectivity index (χ4v) is 8.62. The number of phosphoric ester groups is 1. The van der Waals surface area contributed by atoms with E-state index in [1.165, 1.54) is 135 Å². The van der Waals surface area contributed by atoms with E-state index in [-0.39, 0.29) is 31.5 Å². The molecule has 0 radical (unpaired) electrons. The van der Waals surface area contributed by atoms with Crippen molar-refractivity contribution in [3.8, 4) is 0 Å². The van der Waals surface area contributed by atoms with E-state index in [0.717, 1.165) is 77.0 Å². The average molecular weight is 964 g/mol. The zero-order chi connectivity index (χ0) is 49.4. The fraction of sp³-hybridized carbons (Fsp3) is 0.825. The summed E-state index contributed by atoms with van der Waals surface area (Å²) in [5.74, 6) is -0.526. The van der Waals surface area contributed by atoms with Crippen LogP contribution in [0, 0.1) is 0 Å². The number of likely N-dealkylation sites (N-methyl/N-ethyl adjacent to an activating group) is 1. The van der Waals surface area contributed by atoms with Gasteiger partial charge in [-0.1, -0.05) is 217 Å². The van der Waals surface area contributed by atoms with Crippen molar-refractivity contribution in [2.45, 2.75) is 264 Å². The SMILES string of the molecule is CCCCC/C=C\C/C=C\C/C=C\CCCCCCC(=O)OC(/C=C/CCCCCCCCCCC)C(COP(=O)(O)OCC[N+](C)(C)C)NC(=O)CCCCCCCCCCCCCCC. The summed E-state index contributed by atoms with van der Waals surface area (Å²) in [7, 11) is 1.49. The topological polar surface area (TPSA) is 111 Å². The second-order valence-corrected chi connectivity index (χ2v) is 21.6. The summed E-state index contributed by atoms with van der Waals surface area (Å²) in [6, 6.07) is -0.853. The number of quaternary nitrogens is 1. The molecular formula is C57H108N2O7P+. The van der Waals surface area contributed by atoms with E-state index in [1.807, 2.05) is 33.3 Å². The minimum Gasteiger partial charge on any atom is -0.456 e. The Morgan fingerprint density at radius 2 is 0.910 bits per heavy atom. The molecule has 2 N–H and O–H groups in total. The van der Waals surface area contributed by atoms with Gasteiger partial charge in [-0.3, -0.25) is 18.6 Å². The number of carbonyl (C=O) groups is 2. The second kappa shape index (κ2) is 47.6. The largest absolute Gasteiger partial charge is 0.472 e. The van der Waals surface area contributed by atoms with Crippen LogP contribution in [0.3, 0.4) is 0 Å². The standard InChI is InChI=1S/C57H107N2O7P/c1-7-10-13-16-19-22-25-27-28-29-30-32-35-38-41-44-47-50-57(61)66-55(48-45-42-39-36-33-24-21-18-15-12-9-3)54(53-65-67(62,63)64-52-51-59(4,5)6)58-56(60)49-46-43-40-37-34-31-26-23-20-17-14-11-8-2/h19,22,27-28,30,32,45,48,54-55H,7-18,20-21,23-26,29,31,33-44,46-47,49-53H2,1-6H3,(H-,58,60,62,63)/p+1/b22-19-,28-27-,32-30-,48-45+. The molecular weight excluding hydrogens is 856 g/mol. The van der Waals surface area contributed by atoms with Crippen molar-refractivity contribution < 1.29 is 37.3 Å². The third-order valence-electron chi connectivity index (χ3n) is 12.3. The van der Waals surface area contributed by atoms with E-state index < -0.39 is 20.0 Å². The molecule has 9 nitrogen and oxygen atoms in total. The highest BCUT2D eigenvalue weighted by molar-refractivity contribution is 7.47. The number of rotatable bonds is 50. The highest BCUT2D eigenvalue weighted by Crippen LogP contribution is 2.43. The maximum atomic E-state index is 13.5. The van der Waals surface area contributed by atoms with Crippen LogP contribution in [0.2, 0.25) is 0 Å². The number of amides is 1. The van der Waals surface area contributed by atoms with Crippen LogP contribution in [0.4, 0.5) is 0 Å².